The van der Waals surface area contributed by atoms with E-state index in [-0.39, 0.29) is 0 Å². The minimum absolute atomic E-state index is 0.715. The van der Waals surface area contributed by atoms with Gasteiger partial charge in [-0.3, -0.25) is 0 Å². The van der Waals surface area contributed by atoms with Crippen molar-refractivity contribution in [3.8, 4) is 0 Å². The minimum Gasteiger partial charge on any atom is -0.423 e. The van der Waals surface area contributed by atoms with Crippen LogP contribution >= 0.6 is 11.3 Å². The van der Waals surface area contributed by atoms with Gasteiger partial charge in [-0.05, 0) is 52.5 Å². The van der Waals surface area contributed by atoms with E-state index in [4.69, 9.17) is 4.65 Å². The van der Waals surface area contributed by atoms with Crippen molar-refractivity contribution in [2.75, 3.05) is 18.0 Å². The quantitative estimate of drug-likeness (QED) is 0.815. The van der Waals surface area contributed by atoms with Gasteiger partial charge in [0.05, 0.1) is 11.2 Å². The molecule has 0 spiro atoms. The van der Waals surface area contributed by atoms with E-state index in [1.54, 1.807) is 27.7 Å². The van der Waals surface area contributed by atoms with E-state index in [2.05, 4.69) is 17.2 Å². The summed E-state index contributed by atoms with van der Waals surface area (Å²) in [6, 6.07) is 2.01. The Morgan fingerprint density at radius 2 is 2.05 bits per heavy atom. The van der Waals surface area contributed by atoms with Crippen LogP contribution in [0.15, 0.2) is 11.4 Å². The molecule has 1 fully saturated rings. The molecule has 0 saturated carbocycles. The Labute approximate surface area is 138 Å². The molecule has 1 atom stereocenters. The largest absolute Gasteiger partial charge is 0.502 e. The molecule has 0 amide bonds. The zero-order valence-corrected chi connectivity index (χ0v) is 15.1. The van der Waals surface area contributed by atoms with Crippen LogP contribution in [-0.4, -0.2) is 41.5 Å². The van der Waals surface area contributed by atoms with E-state index >= 15 is 0 Å². The van der Waals surface area contributed by atoms with Gasteiger partial charge in [-0.15, -0.1) is 0 Å². The van der Waals surface area contributed by atoms with Crippen molar-refractivity contribution in [1.29, 1.82) is 0 Å². The highest BCUT2D eigenvalue weighted by Crippen LogP contribution is 2.27. The van der Waals surface area contributed by atoms with Gasteiger partial charge in [0.15, 0.2) is 0 Å². The van der Waals surface area contributed by atoms with Crippen molar-refractivity contribution >= 4 is 28.9 Å². The maximum absolute atomic E-state index is 10.3. The molecule has 0 aromatic carbocycles. The van der Waals surface area contributed by atoms with Crippen molar-refractivity contribution in [2.45, 2.75) is 58.7 Å². The molecule has 2 rings (SSSR count). The molecule has 2 N–H and O–H groups in total. The number of hydrogen-bond donors (Lipinski definition) is 2. The first-order valence-corrected chi connectivity index (χ1v) is 8.90. The fourth-order valence-electron chi connectivity index (χ4n) is 2.54. The first-order chi connectivity index (χ1) is 10.1. The molecule has 1 aromatic rings. The average molecular weight is 325 g/mol. The summed E-state index contributed by atoms with van der Waals surface area (Å²) in [5, 5.41) is 22.6. The topological polar surface area (TPSA) is 52.9 Å². The van der Waals surface area contributed by atoms with Crippen LogP contribution in [0.25, 0.3) is 0 Å². The predicted molar refractivity (Wildman–Crippen MR) is 94.0 cm³/mol. The standard InChI is InChI=1S/C16H28BNO3S/c1-12-7-6-8-18(10-12)13-9-14(22-11-13)17(20)21-16(4,5)15(2,3)19/h9,11-12,19-20H,6-8,10H2,1-5H3. The van der Waals surface area contributed by atoms with Crippen molar-refractivity contribution < 1.29 is 14.8 Å². The molecule has 1 saturated heterocycles. The molecule has 2 heterocycles. The Balaban J connectivity index is 2.04. The Bertz CT molecular complexity index is 498. The van der Waals surface area contributed by atoms with Gasteiger partial charge in [0, 0.05) is 28.9 Å². The fraction of sp³-hybridized carbons (Fsp3) is 0.750. The number of aliphatic hydroxyl groups is 1. The molecule has 22 heavy (non-hydrogen) atoms. The summed E-state index contributed by atoms with van der Waals surface area (Å²) in [5.74, 6) is 0.715. The Hall–Kier alpha value is -0.555. The van der Waals surface area contributed by atoms with E-state index in [0.717, 1.165) is 23.6 Å². The lowest BCUT2D eigenvalue weighted by atomic mass is 9.82. The van der Waals surface area contributed by atoms with Crippen LogP contribution in [-0.2, 0) is 4.65 Å². The number of anilines is 1. The maximum Gasteiger partial charge on any atom is 0.502 e. The van der Waals surface area contributed by atoms with Crippen LogP contribution in [0.1, 0.15) is 47.5 Å². The van der Waals surface area contributed by atoms with Crippen molar-refractivity contribution in [3.05, 3.63) is 11.4 Å². The second kappa shape index (κ2) is 6.52. The summed E-state index contributed by atoms with van der Waals surface area (Å²) in [7, 11) is -1.01. The normalized spacial score (nSPS) is 20.3. The van der Waals surface area contributed by atoms with Crippen LogP contribution in [0.5, 0.6) is 0 Å². The molecular formula is C16H28BNO3S. The van der Waals surface area contributed by atoms with Gasteiger partial charge in [0.2, 0.25) is 0 Å². The van der Waals surface area contributed by atoms with Crippen LogP contribution < -0.4 is 9.68 Å². The summed E-state index contributed by atoms with van der Waals surface area (Å²) < 4.78 is 6.49. The minimum atomic E-state index is -1.03. The molecule has 6 heteroatoms. The van der Waals surface area contributed by atoms with Gasteiger partial charge >= 0.3 is 7.12 Å². The zero-order valence-electron chi connectivity index (χ0n) is 14.3. The third kappa shape index (κ3) is 4.04. The summed E-state index contributed by atoms with van der Waals surface area (Å²) in [4.78, 5) is 2.38. The Kier molecular flexibility index (Phi) is 5.27. The fourth-order valence-corrected chi connectivity index (χ4v) is 3.37. The number of piperidine rings is 1. The van der Waals surface area contributed by atoms with Crippen LogP contribution in [0.3, 0.4) is 0 Å². The van der Waals surface area contributed by atoms with Gasteiger partial charge < -0.3 is 19.7 Å². The van der Waals surface area contributed by atoms with Crippen LogP contribution in [0, 0.1) is 5.92 Å². The van der Waals surface area contributed by atoms with Gasteiger partial charge in [-0.25, -0.2) is 0 Å². The van der Waals surface area contributed by atoms with Crippen LogP contribution in [0.2, 0.25) is 0 Å². The van der Waals surface area contributed by atoms with Gasteiger partial charge in [0.1, 0.15) is 0 Å². The first kappa shape index (κ1) is 17.8. The molecule has 0 radical (unpaired) electrons. The average Bonchev–Trinajstić information content (AvgIpc) is 2.86. The van der Waals surface area contributed by atoms with E-state index in [1.807, 2.05) is 6.07 Å². The molecule has 4 nitrogen and oxygen atoms in total. The number of rotatable bonds is 5. The highest BCUT2D eigenvalue weighted by atomic mass is 32.1. The molecule has 0 aliphatic carbocycles. The van der Waals surface area contributed by atoms with Crippen molar-refractivity contribution in [2.24, 2.45) is 5.92 Å². The van der Waals surface area contributed by atoms with E-state index in [9.17, 15) is 10.1 Å². The van der Waals surface area contributed by atoms with Crippen molar-refractivity contribution in [3.63, 3.8) is 0 Å². The second-order valence-corrected chi connectivity index (χ2v) is 8.38. The molecule has 0 bridgehead atoms. The predicted octanol–water partition coefficient (Wildman–Crippen LogP) is 2.24. The lowest BCUT2D eigenvalue weighted by Gasteiger charge is -2.38. The second-order valence-electron chi connectivity index (χ2n) is 7.44. The smallest absolute Gasteiger partial charge is 0.423 e. The van der Waals surface area contributed by atoms with Crippen molar-refractivity contribution in [1.82, 2.24) is 0 Å². The molecule has 1 aliphatic rings. The number of nitrogens with zero attached hydrogens (tertiary/aromatic N) is 1. The first-order valence-electron chi connectivity index (χ1n) is 8.02. The van der Waals surface area contributed by atoms with Gasteiger partial charge in [-0.2, -0.15) is 11.3 Å². The summed E-state index contributed by atoms with van der Waals surface area (Å²) in [5.41, 5.74) is -0.706. The van der Waals surface area contributed by atoms with E-state index in [1.165, 1.54) is 24.2 Å². The summed E-state index contributed by atoms with van der Waals surface area (Å²) >= 11 is 1.51. The molecule has 1 aromatic heterocycles. The lowest BCUT2D eigenvalue weighted by molar-refractivity contribution is -0.0981. The highest BCUT2D eigenvalue weighted by Gasteiger charge is 2.40. The molecular weight excluding hydrogens is 297 g/mol. The Morgan fingerprint density at radius 1 is 1.36 bits per heavy atom. The summed E-state index contributed by atoms with van der Waals surface area (Å²) in [6.07, 6.45) is 2.51. The van der Waals surface area contributed by atoms with Crippen LogP contribution in [0.4, 0.5) is 5.69 Å². The number of thiophene rings is 1. The SMILES string of the molecule is CC1CCCN(c2csc(B(O)OC(C)(C)C(C)(C)O)c2)C1. The highest BCUT2D eigenvalue weighted by molar-refractivity contribution is 7.21. The van der Waals surface area contributed by atoms with E-state index < -0.39 is 18.3 Å². The number of hydrogen-bond acceptors (Lipinski definition) is 5. The van der Waals surface area contributed by atoms with Gasteiger partial charge in [0.25, 0.3) is 0 Å². The van der Waals surface area contributed by atoms with Gasteiger partial charge in [-0.1, -0.05) is 6.92 Å². The Morgan fingerprint density at radius 3 is 2.64 bits per heavy atom. The third-order valence-corrected chi connectivity index (χ3v) is 5.70. The molecule has 124 valence electrons. The maximum atomic E-state index is 10.3. The molecule has 1 unspecified atom stereocenters. The monoisotopic (exact) mass is 325 g/mol. The molecule has 1 aliphatic heterocycles. The third-order valence-electron chi connectivity index (χ3n) is 4.75. The summed E-state index contributed by atoms with van der Waals surface area (Å²) in [6.45, 7) is 11.4. The van der Waals surface area contributed by atoms with E-state index in [0.29, 0.717) is 5.92 Å². The zero-order chi connectivity index (χ0) is 16.5. The lowest BCUT2D eigenvalue weighted by Crippen LogP contribution is -2.52.